The fourth-order valence-electron chi connectivity index (χ4n) is 1.69. The summed E-state index contributed by atoms with van der Waals surface area (Å²) in [5.74, 6) is 0.686. The molecule has 2 nitrogen and oxygen atoms in total. The highest BCUT2D eigenvalue weighted by molar-refractivity contribution is 8.16. The summed E-state index contributed by atoms with van der Waals surface area (Å²) in [5, 5.41) is 3.39. The molecule has 0 aliphatic carbocycles. The van der Waals surface area contributed by atoms with Crippen molar-refractivity contribution in [3.8, 4) is 0 Å². The number of fused-ring (bicyclic) bond motifs is 1. The maximum atomic E-state index is 4.44. The van der Waals surface area contributed by atoms with Gasteiger partial charge in [-0.25, -0.2) is 0 Å². The van der Waals surface area contributed by atoms with Crippen molar-refractivity contribution in [1.29, 1.82) is 0 Å². The molecule has 1 unspecified atom stereocenters. The predicted molar refractivity (Wildman–Crippen MR) is 54.4 cm³/mol. The van der Waals surface area contributed by atoms with E-state index in [1.807, 2.05) is 0 Å². The molecule has 0 amide bonds. The Morgan fingerprint density at radius 1 is 1.67 bits per heavy atom. The Morgan fingerprint density at radius 3 is 3.25 bits per heavy atom. The van der Waals surface area contributed by atoms with Crippen LogP contribution in [0.4, 0.5) is 0 Å². The molecule has 0 saturated carbocycles. The summed E-state index contributed by atoms with van der Waals surface area (Å²) < 4.78 is 0. The Kier molecular flexibility index (Phi) is 2.13. The smallest absolute Gasteiger partial charge is 0.164 e. The van der Waals surface area contributed by atoms with Gasteiger partial charge in [0.25, 0.3) is 0 Å². The van der Waals surface area contributed by atoms with Crippen LogP contribution in [0.15, 0.2) is 16.5 Å². The van der Waals surface area contributed by atoms with Gasteiger partial charge in [0.15, 0.2) is 5.17 Å². The molecule has 0 bridgehead atoms. The Morgan fingerprint density at radius 2 is 2.50 bits per heavy atom. The zero-order chi connectivity index (χ0) is 8.55. The van der Waals surface area contributed by atoms with Crippen LogP contribution in [-0.2, 0) is 0 Å². The van der Waals surface area contributed by atoms with E-state index < -0.39 is 0 Å². The van der Waals surface area contributed by atoms with Crippen molar-refractivity contribution in [3.05, 3.63) is 11.5 Å². The fraction of sp³-hybridized carbons (Fsp3) is 0.667. The standard InChI is InChI=1S/C9H14N2S/c1-7(2)8-3-6-12-9-10-4-5-11(8)9/h3,6-8H,4-5H2,1-2H3. The molecule has 0 aromatic heterocycles. The fourth-order valence-corrected chi connectivity index (χ4v) is 2.56. The molecule has 2 aliphatic rings. The lowest BCUT2D eigenvalue weighted by atomic mass is 10.0. The maximum absolute atomic E-state index is 4.44. The van der Waals surface area contributed by atoms with E-state index in [1.165, 1.54) is 5.17 Å². The van der Waals surface area contributed by atoms with E-state index in [9.17, 15) is 0 Å². The summed E-state index contributed by atoms with van der Waals surface area (Å²) in [4.78, 5) is 6.86. The monoisotopic (exact) mass is 182 g/mol. The van der Waals surface area contributed by atoms with Crippen molar-refractivity contribution in [1.82, 2.24) is 4.90 Å². The third-order valence-electron chi connectivity index (χ3n) is 2.33. The SMILES string of the molecule is CC(C)C1C=CSC2=NCCN21. The van der Waals surface area contributed by atoms with Crippen LogP contribution in [0.1, 0.15) is 13.8 Å². The first-order valence-corrected chi connectivity index (χ1v) is 5.31. The molecule has 12 heavy (non-hydrogen) atoms. The molecule has 0 N–H and O–H groups in total. The highest BCUT2D eigenvalue weighted by Gasteiger charge is 2.28. The Labute approximate surface area is 77.7 Å². The zero-order valence-corrected chi connectivity index (χ0v) is 8.34. The summed E-state index contributed by atoms with van der Waals surface area (Å²) in [6.45, 7) is 6.62. The van der Waals surface area contributed by atoms with Gasteiger partial charge in [0.2, 0.25) is 0 Å². The molecule has 2 aliphatic heterocycles. The number of hydrogen-bond acceptors (Lipinski definition) is 3. The topological polar surface area (TPSA) is 15.6 Å². The lowest BCUT2D eigenvalue weighted by molar-refractivity contribution is 0.320. The molecule has 66 valence electrons. The van der Waals surface area contributed by atoms with Crippen LogP contribution in [0.5, 0.6) is 0 Å². The molecule has 0 aromatic carbocycles. The van der Waals surface area contributed by atoms with Crippen molar-refractivity contribution < 1.29 is 0 Å². The number of nitrogens with zero attached hydrogens (tertiary/aromatic N) is 2. The van der Waals surface area contributed by atoms with Gasteiger partial charge in [-0.2, -0.15) is 0 Å². The second kappa shape index (κ2) is 3.13. The van der Waals surface area contributed by atoms with Gasteiger partial charge in [-0.1, -0.05) is 31.7 Å². The molecule has 2 heterocycles. The molecule has 3 heteroatoms. The minimum absolute atomic E-state index is 0.576. The third-order valence-corrected chi connectivity index (χ3v) is 3.19. The maximum Gasteiger partial charge on any atom is 0.164 e. The molecular formula is C9H14N2S. The molecule has 0 aromatic rings. The second-order valence-corrected chi connectivity index (χ2v) is 4.41. The lowest BCUT2D eigenvalue weighted by Gasteiger charge is -2.33. The van der Waals surface area contributed by atoms with Crippen LogP contribution in [-0.4, -0.2) is 29.2 Å². The Bertz CT molecular complexity index is 233. The van der Waals surface area contributed by atoms with Crippen LogP contribution in [0.25, 0.3) is 0 Å². The largest absolute Gasteiger partial charge is 0.343 e. The molecule has 0 saturated heterocycles. The number of hydrogen-bond donors (Lipinski definition) is 0. The average molecular weight is 182 g/mol. The van der Waals surface area contributed by atoms with Crippen molar-refractivity contribution in [3.63, 3.8) is 0 Å². The number of rotatable bonds is 1. The van der Waals surface area contributed by atoms with Gasteiger partial charge in [0.1, 0.15) is 0 Å². The van der Waals surface area contributed by atoms with Crippen LogP contribution >= 0.6 is 11.8 Å². The van der Waals surface area contributed by atoms with E-state index in [1.54, 1.807) is 11.8 Å². The quantitative estimate of drug-likeness (QED) is 0.616. The summed E-state index contributed by atoms with van der Waals surface area (Å²) in [7, 11) is 0. The number of aliphatic imine (C=N–C) groups is 1. The van der Waals surface area contributed by atoms with E-state index in [-0.39, 0.29) is 0 Å². The van der Waals surface area contributed by atoms with Gasteiger partial charge >= 0.3 is 0 Å². The van der Waals surface area contributed by atoms with Gasteiger partial charge in [-0.15, -0.1) is 0 Å². The van der Waals surface area contributed by atoms with E-state index in [2.05, 4.69) is 35.2 Å². The summed E-state index contributed by atoms with van der Waals surface area (Å²) in [6.07, 6.45) is 2.29. The van der Waals surface area contributed by atoms with Crippen LogP contribution in [0.2, 0.25) is 0 Å². The first kappa shape index (κ1) is 8.17. The van der Waals surface area contributed by atoms with Gasteiger partial charge in [0, 0.05) is 6.54 Å². The molecular weight excluding hydrogens is 168 g/mol. The number of amidine groups is 1. The first-order valence-electron chi connectivity index (χ1n) is 4.43. The minimum atomic E-state index is 0.576. The molecule has 1 atom stereocenters. The lowest BCUT2D eigenvalue weighted by Crippen LogP contribution is -2.40. The van der Waals surface area contributed by atoms with Gasteiger partial charge in [-0.3, -0.25) is 4.99 Å². The number of thioether (sulfide) groups is 1. The zero-order valence-electron chi connectivity index (χ0n) is 7.53. The molecule has 2 rings (SSSR count). The highest BCUT2D eigenvalue weighted by atomic mass is 32.2. The van der Waals surface area contributed by atoms with E-state index in [0.29, 0.717) is 12.0 Å². The Hall–Kier alpha value is -0.440. The van der Waals surface area contributed by atoms with Crippen LogP contribution in [0.3, 0.4) is 0 Å². The molecule has 0 radical (unpaired) electrons. The van der Waals surface area contributed by atoms with Crippen molar-refractivity contribution in [2.75, 3.05) is 13.1 Å². The van der Waals surface area contributed by atoms with Crippen molar-refractivity contribution >= 4 is 16.9 Å². The summed E-state index contributed by atoms with van der Waals surface area (Å²) in [6, 6.07) is 0.576. The van der Waals surface area contributed by atoms with E-state index in [4.69, 9.17) is 0 Å². The van der Waals surface area contributed by atoms with Gasteiger partial charge in [0.05, 0.1) is 12.6 Å². The van der Waals surface area contributed by atoms with Crippen molar-refractivity contribution in [2.45, 2.75) is 19.9 Å². The normalized spacial score (nSPS) is 27.8. The van der Waals surface area contributed by atoms with Gasteiger partial charge < -0.3 is 4.90 Å². The summed E-state index contributed by atoms with van der Waals surface area (Å²) in [5.41, 5.74) is 0. The average Bonchev–Trinajstić information content (AvgIpc) is 2.49. The molecule has 0 spiro atoms. The Balaban J connectivity index is 2.19. The van der Waals surface area contributed by atoms with Crippen LogP contribution < -0.4 is 0 Å². The van der Waals surface area contributed by atoms with Crippen LogP contribution in [0, 0.1) is 5.92 Å². The van der Waals surface area contributed by atoms with E-state index in [0.717, 1.165) is 13.1 Å². The third kappa shape index (κ3) is 1.26. The van der Waals surface area contributed by atoms with Gasteiger partial charge in [-0.05, 0) is 11.3 Å². The first-order chi connectivity index (χ1) is 5.79. The summed E-state index contributed by atoms with van der Waals surface area (Å²) >= 11 is 1.75. The van der Waals surface area contributed by atoms with Crippen molar-refractivity contribution in [2.24, 2.45) is 10.9 Å². The minimum Gasteiger partial charge on any atom is -0.343 e. The molecule has 0 fully saturated rings. The second-order valence-electron chi connectivity index (χ2n) is 3.54. The highest BCUT2D eigenvalue weighted by Crippen LogP contribution is 2.27. The predicted octanol–water partition coefficient (Wildman–Crippen LogP) is 1.94. The van der Waals surface area contributed by atoms with E-state index >= 15 is 0 Å².